The maximum Gasteiger partial charge on any atom is 0.337 e. The average Bonchev–Trinajstić information content (AvgIpc) is 3.04. The van der Waals surface area contributed by atoms with Crippen molar-refractivity contribution in [2.24, 2.45) is 5.10 Å². The Morgan fingerprint density at radius 2 is 1.77 bits per heavy atom. The Bertz CT molecular complexity index is 1630. The Kier molecular flexibility index (Phi) is 12.6. The van der Waals surface area contributed by atoms with Gasteiger partial charge in [0.05, 0.1) is 41.7 Å². The number of carbonyl (C=O) groups is 2. The third-order valence-electron chi connectivity index (χ3n) is 6.74. The molecule has 0 radical (unpaired) electrons. The van der Waals surface area contributed by atoms with E-state index in [4.69, 9.17) is 23.7 Å². The monoisotopic (exact) mass is 762 g/mol. The smallest absolute Gasteiger partial charge is 0.337 e. The summed E-state index contributed by atoms with van der Waals surface area (Å²) in [5.41, 5.74) is 5.36. The molecule has 2 atom stereocenters. The molecule has 2 amide bonds. The van der Waals surface area contributed by atoms with Gasteiger partial charge in [0.2, 0.25) is 0 Å². The van der Waals surface area contributed by atoms with E-state index in [2.05, 4.69) is 43.8 Å². The molecule has 250 valence electrons. The van der Waals surface area contributed by atoms with Crippen molar-refractivity contribution in [1.82, 2.24) is 16.1 Å². The molecular weight excluding hydrogens is 726 g/mol. The SMILES string of the molecule is CCOc1cc([C@@H]2NC(=O)NC(C)=C2C(=O)OC)ccc1OC[C@@H](O)N/N=C\c1cc(I)c(OCc2ccc(F)cc2)c(OCC)c1. The van der Waals surface area contributed by atoms with Crippen LogP contribution in [-0.4, -0.2) is 56.5 Å². The number of benzene rings is 3. The number of rotatable bonds is 15. The number of hydrogen-bond donors (Lipinski definition) is 4. The molecule has 0 saturated heterocycles. The van der Waals surface area contributed by atoms with E-state index >= 15 is 0 Å². The lowest BCUT2D eigenvalue weighted by atomic mass is 9.95. The van der Waals surface area contributed by atoms with Crippen LogP contribution >= 0.6 is 22.6 Å². The van der Waals surface area contributed by atoms with Gasteiger partial charge >= 0.3 is 12.0 Å². The number of nitrogens with zero attached hydrogens (tertiary/aromatic N) is 1. The molecule has 47 heavy (non-hydrogen) atoms. The largest absolute Gasteiger partial charge is 0.490 e. The zero-order valence-corrected chi connectivity index (χ0v) is 28.4. The molecule has 0 bridgehead atoms. The van der Waals surface area contributed by atoms with Crippen LogP contribution in [0.1, 0.15) is 43.5 Å². The van der Waals surface area contributed by atoms with Gasteiger partial charge in [-0.3, -0.25) is 5.43 Å². The van der Waals surface area contributed by atoms with E-state index in [1.807, 2.05) is 13.0 Å². The number of hydrogen-bond acceptors (Lipinski definition) is 10. The minimum atomic E-state index is -1.18. The molecule has 4 rings (SSSR count). The summed E-state index contributed by atoms with van der Waals surface area (Å²) in [5, 5.41) is 20.0. The second-order valence-electron chi connectivity index (χ2n) is 10.1. The predicted octanol–water partition coefficient (Wildman–Crippen LogP) is 4.93. The van der Waals surface area contributed by atoms with Gasteiger partial charge in [0.1, 0.15) is 19.0 Å². The van der Waals surface area contributed by atoms with Crippen LogP contribution in [0.4, 0.5) is 9.18 Å². The lowest BCUT2D eigenvalue weighted by Gasteiger charge is -2.28. The molecule has 12 nitrogen and oxygen atoms in total. The van der Waals surface area contributed by atoms with Crippen molar-refractivity contribution in [2.45, 2.75) is 39.6 Å². The predicted molar refractivity (Wildman–Crippen MR) is 180 cm³/mol. The molecule has 3 aromatic carbocycles. The Morgan fingerprint density at radius 3 is 2.47 bits per heavy atom. The normalized spacial score (nSPS) is 15.0. The number of methoxy groups -OCH3 is 1. The molecule has 3 aromatic rings. The molecule has 1 heterocycles. The summed E-state index contributed by atoms with van der Waals surface area (Å²) in [5.74, 6) is 0.881. The number of aliphatic hydroxyl groups is 1. The molecule has 1 aliphatic heterocycles. The highest BCUT2D eigenvalue weighted by atomic mass is 127. The number of halogens is 2. The van der Waals surface area contributed by atoms with Crippen molar-refractivity contribution in [3.8, 4) is 23.0 Å². The topological polar surface area (TPSA) is 149 Å². The lowest BCUT2D eigenvalue weighted by Crippen LogP contribution is -2.45. The number of urea groups is 1. The second kappa shape index (κ2) is 16.8. The zero-order chi connectivity index (χ0) is 33.9. The van der Waals surface area contributed by atoms with E-state index in [-0.39, 0.29) is 24.6 Å². The molecule has 0 aromatic heterocycles. The van der Waals surface area contributed by atoms with Crippen LogP contribution in [0.15, 0.2) is 71.0 Å². The van der Waals surface area contributed by atoms with E-state index in [9.17, 15) is 19.1 Å². The van der Waals surface area contributed by atoms with Gasteiger partial charge in [0.25, 0.3) is 0 Å². The molecule has 0 unspecified atom stereocenters. The van der Waals surface area contributed by atoms with Crippen LogP contribution in [0, 0.1) is 9.39 Å². The average molecular weight is 763 g/mol. The molecular formula is C33H36FIN4O8. The Hall–Kier alpha value is -4.57. The highest BCUT2D eigenvalue weighted by Gasteiger charge is 2.32. The first kappa shape index (κ1) is 35.3. The number of aliphatic hydroxyl groups excluding tert-OH is 1. The van der Waals surface area contributed by atoms with Crippen LogP contribution in [0.3, 0.4) is 0 Å². The molecule has 1 aliphatic rings. The molecule has 4 N–H and O–H groups in total. The maximum atomic E-state index is 13.2. The van der Waals surface area contributed by atoms with Crippen molar-refractivity contribution in [1.29, 1.82) is 0 Å². The van der Waals surface area contributed by atoms with E-state index in [1.54, 1.807) is 50.2 Å². The van der Waals surface area contributed by atoms with E-state index in [1.165, 1.54) is 25.5 Å². The zero-order valence-electron chi connectivity index (χ0n) is 26.3. The first-order valence-corrected chi connectivity index (χ1v) is 15.8. The van der Waals surface area contributed by atoms with Gasteiger partial charge in [0, 0.05) is 5.70 Å². The van der Waals surface area contributed by atoms with E-state index in [0.29, 0.717) is 53.0 Å². The highest BCUT2D eigenvalue weighted by Crippen LogP contribution is 2.36. The van der Waals surface area contributed by atoms with Crippen LogP contribution < -0.4 is 35.0 Å². The van der Waals surface area contributed by atoms with Crippen molar-refractivity contribution in [2.75, 3.05) is 26.9 Å². The number of carbonyl (C=O) groups excluding carboxylic acids is 2. The summed E-state index contributed by atoms with van der Waals surface area (Å²) < 4.78 is 42.3. The maximum absolute atomic E-state index is 13.2. The Morgan fingerprint density at radius 1 is 1.04 bits per heavy atom. The third kappa shape index (κ3) is 9.48. The number of esters is 1. The number of allylic oxidation sites excluding steroid dienone is 1. The van der Waals surface area contributed by atoms with Gasteiger partial charge in [0.15, 0.2) is 29.2 Å². The summed E-state index contributed by atoms with van der Waals surface area (Å²) in [6.07, 6.45) is 0.351. The standard InChI is InChI=1S/C33H36FIN4O8/c1-5-44-26-15-22(30-29(32(41)43-4)19(3)37-33(42)38-30)9-12-25(26)46-18-28(40)39-36-16-21-13-24(35)31(27(14-21)45-6-2)47-17-20-7-10-23(34)11-8-20/h7-16,28,30,39-40H,5-6,17-18H2,1-4H3,(H2,37,38,42)/b36-16-/t28-,30+/m1/s1. The van der Waals surface area contributed by atoms with Crippen LogP contribution in [0.5, 0.6) is 23.0 Å². The molecule has 0 fully saturated rings. The number of amides is 2. The van der Waals surface area contributed by atoms with Crippen LogP contribution in [-0.2, 0) is 16.1 Å². The highest BCUT2D eigenvalue weighted by molar-refractivity contribution is 14.1. The summed E-state index contributed by atoms with van der Waals surface area (Å²) in [4.78, 5) is 24.6. The van der Waals surface area contributed by atoms with Gasteiger partial charge in [-0.15, -0.1) is 0 Å². The van der Waals surface area contributed by atoms with Gasteiger partial charge in [-0.2, -0.15) is 5.10 Å². The van der Waals surface area contributed by atoms with Crippen LogP contribution in [0.25, 0.3) is 0 Å². The molecule has 0 aliphatic carbocycles. The van der Waals surface area contributed by atoms with Crippen molar-refractivity contribution >= 4 is 40.8 Å². The first-order valence-electron chi connectivity index (χ1n) is 14.7. The minimum Gasteiger partial charge on any atom is -0.490 e. The van der Waals surface area contributed by atoms with Gasteiger partial charge in [-0.05, 0) is 96.5 Å². The van der Waals surface area contributed by atoms with E-state index in [0.717, 1.165) is 9.13 Å². The quantitative estimate of drug-likeness (QED) is 0.0557. The number of ether oxygens (including phenoxy) is 5. The third-order valence-corrected chi connectivity index (χ3v) is 7.54. The lowest BCUT2D eigenvalue weighted by molar-refractivity contribution is -0.136. The van der Waals surface area contributed by atoms with E-state index < -0.39 is 24.3 Å². The fourth-order valence-electron chi connectivity index (χ4n) is 4.62. The molecule has 0 saturated carbocycles. The fraction of sp³-hybridized carbons (Fsp3) is 0.303. The Balaban J connectivity index is 1.40. The van der Waals surface area contributed by atoms with Crippen LogP contribution in [0.2, 0.25) is 0 Å². The second-order valence-corrected chi connectivity index (χ2v) is 11.3. The number of hydrazone groups is 1. The van der Waals surface area contributed by atoms with Gasteiger partial charge < -0.3 is 39.4 Å². The minimum absolute atomic E-state index is 0.175. The van der Waals surface area contributed by atoms with Gasteiger partial charge in [-0.1, -0.05) is 18.2 Å². The van der Waals surface area contributed by atoms with Crippen molar-refractivity contribution < 1.29 is 42.8 Å². The molecule has 14 heteroatoms. The van der Waals surface area contributed by atoms with Crippen molar-refractivity contribution in [3.63, 3.8) is 0 Å². The molecule has 0 spiro atoms. The summed E-state index contributed by atoms with van der Waals surface area (Å²) >= 11 is 2.14. The Labute approximate surface area is 285 Å². The van der Waals surface area contributed by atoms with Gasteiger partial charge in [-0.25, -0.2) is 14.0 Å². The fourth-order valence-corrected chi connectivity index (χ4v) is 5.40. The summed E-state index contributed by atoms with van der Waals surface area (Å²) in [6, 6.07) is 13.4. The van der Waals surface area contributed by atoms with Crippen molar-refractivity contribution in [3.05, 3.63) is 91.9 Å². The summed E-state index contributed by atoms with van der Waals surface area (Å²) in [7, 11) is 1.27. The first-order chi connectivity index (χ1) is 22.6. The summed E-state index contributed by atoms with van der Waals surface area (Å²) in [6.45, 7) is 6.09. The number of nitrogens with one attached hydrogen (secondary N) is 3.